The van der Waals surface area contributed by atoms with Crippen molar-refractivity contribution in [3.05, 3.63) is 40.9 Å². The third-order valence-electron chi connectivity index (χ3n) is 5.07. The first-order chi connectivity index (χ1) is 13.1. The average Bonchev–Trinajstić information content (AvgIpc) is 3.27. The smallest absolute Gasteiger partial charge is 0.228 e. The van der Waals surface area contributed by atoms with Crippen molar-refractivity contribution in [3.8, 4) is 5.75 Å². The van der Waals surface area contributed by atoms with E-state index in [0.29, 0.717) is 17.5 Å². The average molecular weight is 385 g/mol. The van der Waals surface area contributed by atoms with Gasteiger partial charge in [0.05, 0.1) is 25.3 Å². The molecule has 1 aromatic heterocycles. The number of carbonyl (C=O) groups is 2. The van der Waals surface area contributed by atoms with E-state index >= 15 is 0 Å². The zero-order valence-electron chi connectivity index (χ0n) is 15.3. The minimum atomic E-state index is -0.0349. The van der Waals surface area contributed by atoms with Crippen LogP contribution in [0.1, 0.15) is 43.0 Å². The molecule has 1 aliphatic heterocycles. The fraction of sp³-hybridized carbons (Fsp3) is 0.450. The van der Waals surface area contributed by atoms with Gasteiger partial charge >= 0.3 is 0 Å². The Morgan fingerprint density at radius 3 is 2.78 bits per heavy atom. The van der Waals surface area contributed by atoms with E-state index in [-0.39, 0.29) is 24.3 Å². The number of thiazole rings is 1. The SMILES string of the molecule is COc1ccc(C(NC(=O)Cc2csc(N3CCCC3=O)n2)C2CC2)cc1. The minimum Gasteiger partial charge on any atom is -0.497 e. The maximum atomic E-state index is 12.6. The number of benzene rings is 1. The highest BCUT2D eigenvalue weighted by Gasteiger charge is 2.33. The molecule has 2 fully saturated rings. The van der Waals surface area contributed by atoms with Crippen LogP contribution in [0, 0.1) is 5.92 Å². The van der Waals surface area contributed by atoms with Gasteiger partial charge in [0.1, 0.15) is 5.75 Å². The molecule has 1 aromatic carbocycles. The van der Waals surface area contributed by atoms with Gasteiger partial charge in [0, 0.05) is 18.3 Å². The van der Waals surface area contributed by atoms with Gasteiger partial charge in [0.2, 0.25) is 11.8 Å². The summed E-state index contributed by atoms with van der Waals surface area (Å²) in [6.45, 7) is 0.721. The highest BCUT2D eigenvalue weighted by molar-refractivity contribution is 7.14. The minimum absolute atomic E-state index is 0.0293. The van der Waals surface area contributed by atoms with Crippen LogP contribution in [-0.4, -0.2) is 30.5 Å². The molecule has 6 nitrogen and oxygen atoms in total. The van der Waals surface area contributed by atoms with E-state index in [1.54, 1.807) is 12.0 Å². The molecule has 0 radical (unpaired) electrons. The van der Waals surface area contributed by atoms with E-state index < -0.39 is 0 Å². The molecule has 2 aliphatic rings. The van der Waals surface area contributed by atoms with Crippen molar-refractivity contribution in [3.63, 3.8) is 0 Å². The molecule has 1 unspecified atom stereocenters. The predicted octanol–water partition coefficient (Wildman–Crippen LogP) is 3.09. The molecule has 1 saturated heterocycles. The highest BCUT2D eigenvalue weighted by Crippen LogP contribution is 2.41. The lowest BCUT2D eigenvalue weighted by Crippen LogP contribution is -2.31. The van der Waals surface area contributed by atoms with Gasteiger partial charge in [-0.1, -0.05) is 12.1 Å². The lowest BCUT2D eigenvalue weighted by molar-refractivity contribution is -0.121. The number of nitrogens with one attached hydrogen (secondary N) is 1. The molecule has 27 heavy (non-hydrogen) atoms. The van der Waals surface area contributed by atoms with Gasteiger partial charge in [-0.25, -0.2) is 4.98 Å². The topological polar surface area (TPSA) is 71.5 Å². The van der Waals surface area contributed by atoms with Crippen molar-refractivity contribution in [1.29, 1.82) is 0 Å². The summed E-state index contributed by atoms with van der Waals surface area (Å²) in [6.07, 6.45) is 3.96. The summed E-state index contributed by atoms with van der Waals surface area (Å²) >= 11 is 1.43. The monoisotopic (exact) mass is 385 g/mol. The molecule has 2 aromatic rings. The van der Waals surface area contributed by atoms with Gasteiger partial charge in [0.25, 0.3) is 0 Å². The summed E-state index contributed by atoms with van der Waals surface area (Å²) in [5, 5.41) is 5.75. The molecule has 1 saturated carbocycles. The zero-order chi connectivity index (χ0) is 18.8. The Kier molecular flexibility index (Phi) is 5.11. The lowest BCUT2D eigenvalue weighted by Gasteiger charge is -2.19. The largest absolute Gasteiger partial charge is 0.497 e. The summed E-state index contributed by atoms with van der Waals surface area (Å²) in [5.41, 5.74) is 1.82. The Morgan fingerprint density at radius 2 is 2.15 bits per heavy atom. The molecule has 1 aliphatic carbocycles. The first kappa shape index (κ1) is 18.0. The number of ether oxygens (including phenoxy) is 1. The number of carbonyl (C=O) groups excluding carboxylic acids is 2. The van der Waals surface area contributed by atoms with Crippen LogP contribution >= 0.6 is 11.3 Å². The van der Waals surface area contributed by atoms with Crippen molar-refractivity contribution in [2.75, 3.05) is 18.6 Å². The fourth-order valence-electron chi connectivity index (χ4n) is 3.45. The summed E-state index contributed by atoms with van der Waals surface area (Å²) in [4.78, 5) is 30.6. The second-order valence-corrected chi connectivity index (χ2v) is 7.94. The maximum Gasteiger partial charge on any atom is 0.228 e. The van der Waals surface area contributed by atoms with Crippen molar-refractivity contribution < 1.29 is 14.3 Å². The highest BCUT2D eigenvalue weighted by atomic mass is 32.1. The Labute approximate surface area is 162 Å². The van der Waals surface area contributed by atoms with Crippen LogP contribution in [-0.2, 0) is 16.0 Å². The van der Waals surface area contributed by atoms with Gasteiger partial charge in [-0.2, -0.15) is 0 Å². The number of aromatic nitrogens is 1. The first-order valence-electron chi connectivity index (χ1n) is 9.32. The molecule has 4 rings (SSSR count). The van der Waals surface area contributed by atoms with Crippen molar-refractivity contribution >= 4 is 28.3 Å². The summed E-state index contributed by atoms with van der Waals surface area (Å²) in [7, 11) is 1.65. The third kappa shape index (κ3) is 4.13. The van der Waals surface area contributed by atoms with Gasteiger partial charge in [0.15, 0.2) is 5.13 Å². The second kappa shape index (κ2) is 7.68. The molecule has 0 bridgehead atoms. The van der Waals surface area contributed by atoms with Gasteiger partial charge in [-0.05, 0) is 42.9 Å². The van der Waals surface area contributed by atoms with Gasteiger partial charge < -0.3 is 10.1 Å². The molecule has 2 amide bonds. The third-order valence-corrected chi connectivity index (χ3v) is 5.98. The molecule has 0 spiro atoms. The molecule has 142 valence electrons. The number of rotatable bonds is 7. The van der Waals surface area contributed by atoms with Gasteiger partial charge in [-0.15, -0.1) is 11.3 Å². The lowest BCUT2D eigenvalue weighted by atomic mass is 10.0. The van der Waals surface area contributed by atoms with Crippen LogP contribution in [0.4, 0.5) is 5.13 Å². The van der Waals surface area contributed by atoms with E-state index in [0.717, 1.165) is 42.8 Å². The number of anilines is 1. The summed E-state index contributed by atoms with van der Waals surface area (Å²) in [6, 6.07) is 7.92. The van der Waals surface area contributed by atoms with Crippen molar-refractivity contribution in [1.82, 2.24) is 10.3 Å². The van der Waals surface area contributed by atoms with Crippen LogP contribution in [0.2, 0.25) is 0 Å². The first-order valence-corrected chi connectivity index (χ1v) is 10.2. The van der Waals surface area contributed by atoms with Crippen LogP contribution in [0.15, 0.2) is 29.6 Å². The van der Waals surface area contributed by atoms with Crippen molar-refractivity contribution in [2.45, 2.75) is 38.1 Å². The number of amides is 2. The predicted molar refractivity (Wildman–Crippen MR) is 104 cm³/mol. The number of hydrogen-bond acceptors (Lipinski definition) is 5. The summed E-state index contributed by atoms with van der Waals surface area (Å²) < 4.78 is 5.21. The molecular weight excluding hydrogens is 362 g/mol. The normalized spacial score (nSPS) is 17.8. The Morgan fingerprint density at radius 1 is 1.37 bits per heavy atom. The Balaban J connectivity index is 1.40. The number of hydrogen-bond donors (Lipinski definition) is 1. The van der Waals surface area contributed by atoms with Crippen LogP contribution in [0.3, 0.4) is 0 Å². The maximum absolute atomic E-state index is 12.6. The fourth-order valence-corrected chi connectivity index (χ4v) is 4.32. The number of methoxy groups -OCH3 is 1. The van der Waals surface area contributed by atoms with Crippen LogP contribution < -0.4 is 15.0 Å². The van der Waals surface area contributed by atoms with E-state index in [4.69, 9.17) is 4.74 Å². The van der Waals surface area contributed by atoms with Crippen LogP contribution in [0.5, 0.6) is 5.75 Å². The standard InChI is InChI=1S/C20H23N3O3S/c1-26-16-8-6-14(7-9-16)19(13-4-5-13)22-17(24)11-15-12-27-20(21-15)23-10-2-3-18(23)25/h6-9,12-13,19H,2-5,10-11H2,1H3,(H,22,24). The van der Waals surface area contributed by atoms with E-state index in [2.05, 4.69) is 10.3 Å². The Hall–Kier alpha value is -2.41. The zero-order valence-corrected chi connectivity index (χ0v) is 16.1. The molecule has 7 heteroatoms. The number of nitrogens with zero attached hydrogens (tertiary/aromatic N) is 2. The van der Waals surface area contributed by atoms with E-state index in [1.807, 2.05) is 29.6 Å². The molecule has 2 heterocycles. The molecule has 1 atom stereocenters. The van der Waals surface area contributed by atoms with E-state index in [1.165, 1.54) is 11.3 Å². The van der Waals surface area contributed by atoms with Crippen LogP contribution in [0.25, 0.3) is 0 Å². The Bertz CT molecular complexity index is 829. The van der Waals surface area contributed by atoms with Crippen molar-refractivity contribution in [2.24, 2.45) is 5.92 Å². The summed E-state index contributed by atoms with van der Waals surface area (Å²) in [5.74, 6) is 1.39. The molecular formula is C20H23N3O3S. The molecule has 1 N–H and O–H groups in total. The van der Waals surface area contributed by atoms with E-state index in [9.17, 15) is 9.59 Å². The van der Waals surface area contributed by atoms with Gasteiger partial charge in [-0.3, -0.25) is 14.5 Å². The second-order valence-electron chi connectivity index (χ2n) is 7.10. The quantitative estimate of drug-likeness (QED) is 0.795.